The first-order valence-electron chi connectivity index (χ1n) is 13.6. The van der Waals surface area contributed by atoms with Crippen molar-refractivity contribution in [3.63, 3.8) is 0 Å². The minimum Gasteiger partial charge on any atom is -0.378 e. The molecule has 202 valence electrons. The van der Waals surface area contributed by atoms with Gasteiger partial charge in [0.15, 0.2) is 0 Å². The summed E-state index contributed by atoms with van der Waals surface area (Å²) in [5.74, 6) is -0.0827. The van der Waals surface area contributed by atoms with Crippen LogP contribution in [0.2, 0.25) is 0 Å². The van der Waals surface area contributed by atoms with Gasteiger partial charge in [0.1, 0.15) is 17.3 Å². The molecule has 41 heavy (non-hydrogen) atoms. The largest absolute Gasteiger partial charge is 0.378 e. The number of H-pyrrole nitrogens is 1. The lowest BCUT2D eigenvalue weighted by molar-refractivity contribution is 0.100. The van der Waals surface area contributed by atoms with E-state index in [-0.39, 0.29) is 11.9 Å². The van der Waals surface area contributed by atoms with Crippen LogP contribution in [0, 0.1) is 5.82 Å². The third-order valence-corrected chi connectivity index (χ3v) is 8.23. The Morgan fingerprint density at radius 2 is 1.80 bits per heavy atom. The summed E-state index contributed by atoms with van der Waals surface area (Å²) in [6.07, 6.45) is 3.58. The van der Waals surface area contributed by atoms with Crippen LogP contribution in [0.25, 0.3) is 44.6 Å². The van der Waals surface area contributed by atoms with Gasteiger partial charge in [0.25, 0.3) is 0 Å². The Morgan fingerprint density at radius 3 is 2.66 bits per heavy atom. The van der Waals surface area contributed by atoms with Crippen molar-refractivity contribution in [3.8, 4) is 22.5 Å². The van der Waals surface area contributed by atoms with Crippen molar-refractivity contribution in [1.82, 2.24) is 19.5 Å². The lowest BCUT2D eigenvalue weighted by Gasteiger charge is -2.29. The first-order chi connectivity index (χ1) is 20.1. The number of morpholine rings is 1. The lowest BCUT2D eigenvalue weighted by atomic mass is 9.99. The van der Waals surface area contributed by atoms with E-state index in [0.29, 0.717) is 60.1 Å². The summed E-state index contributed by atoms with van der Waals surface area (Å²) in [7, 11) is 0. The second-order valence-electron chi connectivity index (χ2n) is 10.4. The number of nitrogens with zero attached hydrogens (tertiary/aromatic N) is 4. The first-order valence-corrected chi connectivity index (χ1v) is 13.6. The van der Waals surface area contributed by atoms with Gasteiger partial charge in [0.2, 0.25) is 5.91 Å². The molecule has 3 N–H and O–H groups in total. The average molecular weight is 545 g/mol. The number of pyridine rings is 1. The van der Waals surface area contributed by atoms with Crippen molar-refractivity contribution in [3.05, 3.63) is 102 Å². The van der Waals surface area contributed by atoms with E-state index in [1.54, 1.807) is 12.3 Å². The maximum atomic E-state index is 15.2. The van der Waals surface area contributed by atoms with E-state index in [4.69, 9.17) is 15.5 Å². The molecule has 2 aliphatic rings. The van der Waals surface area contributed by atoms with Gasteiger partial charge >= 0.3 is 0 Å². The van der Waals surface area contributed by atoms with Crippen LogP contribution in [0.4, 0.5) is 10.1 Å². The van der Waals surface area contributed by atoms with Crippen molar-refractivity contribution in [2.45, 2.75) is 6.04 Å². The number of aromatic nitrogens is 4. The molecule has 1 saturated heterocycles. The SMILES string of the molecule is NC(=O)c1ccnc2c1ccn2C1c2ccccc2-c2c(-c3nc4cc(N5CCOCC5)c(F)cc4[nH]3)cccc21. The maximum absolute atomic E-state index is 15.2. The number of hydrogen-bond donors (Lipinski definition) is 2. The van der Waals surface area contributed by atoms with Gasteiger partial charge in [-0.3, -0.25) is 4.79 Å². The highest BCUT2D eigenvalue weighted by Gasteiger charge is 2.33. The highest BCUT2D eigenvalue weighted by molar-refractivity contribution is 6.05. The number of benzene rings is 3. The minimum atomic E-state index is -0.484. The molecule has 1 unspecified atom stereocenters. The van der Waals surface area contributed by atoms with Crippen LogP contribution >= 0.6 is 0 Å². The molecule has 8 nitrogen and oxygen atoms in total. The van der Waals surface area contributed by atoms with Gasteiger partial charge < -0.3 is 24.9 Å². The number of carbonyl (C=O) groups is 1. The number of ether oxygens (including phenoxy) is 1. The highest BCUT2D eigenvalue weighted by atomic mass is 19.1. The Labute approximate surface area is 234 Å². The molecule has 0 spiro atoms. The van der Waals surface area contributed by atoms with E-state index in [1.807, 2.05) is 47.5 Å². The topological polar surface area (TPSA) is 102 Å². The molecule has 0 bridgehead atoms. The monoisotopic (exact) mass is 544 g/mol. The summed E-state index contributed by atoms with van der Waals surface area (Å²) >= 11 is 0. The molecule has 1 aliphatic carbocycles. The number of imidazole rings is 1. The van der Waals surface area contributed by atoms with E-state index in [0.717, 1.165) is 33.2 Å². The fourth-order valence-corrected chi connectivity index (χ4v) is 6.40. The zero-order valence-corrected chi connectivity index (χ0v) is 22.0. The van der Waals surface area contributed by atoms with Crippen molar-refractivity contribution in [2.75, 3.05) is 31.2 Å². The third kappa shape index (κ3) is 3.59. The Bertz CT molecular complexity index is 2010. The highest BCUT2D eigenvalue weighted by Crippen LogP contribution is 2.50. The molecule has 4 heterocycles. The number of halogens is 1. The summed E-state index contributed by atoms with van der Waals surface area (Å²) in [6, 6.07) is 21.2. The number of anilines is 1. The Balaban J connectivity index is 1.29. The molecule has 6 aromatic rings. The summed E-state index contributed by atoms with van der Waals surface area (Å²) < 4.78 is 22.7. The smallest absolute Gasteiger partial charge is 0.249 e. The van der Waals surface area contributed by atoms with Gasteiger partial charge in [-0.15, -0.1) is 0 Å². The quantitative estimate of drug-likeness (QED) is 0.314. The van der Waals surface area contributed by atoms with Crippen molar-refractivity contribution >= 4 is 33.7 Å². The van der Waals surface area contributed by atoms with Gasteiger partial charge in [-0.1, -0.05) is 42.5 Å². The number of rotatable bonds is 4. The number of nitrogens with one attached hydrogen (secondary N) is 1. The number of aromatic amines is 1. The number of hydrogen-bond acceptors (Lipinski definition) is 5. The van der Waals surface area contributed by atoms with Gasteiger partial charge in [-0.2, -0.15) is 0 Å². The molecule has 3 aromatic carbocycles. The first kappa shape index (κ1) is 23.8. The zero-order valence-electron chi connectivity index (χ0n) is 22.0. The maximum Gasteiger partial charge on any atom is 0.249 e. The van der Waals surface area contributed by atoms with Gasteiger partial charge in [0, 0.05) is 42.5 Å². The average Bonchev–Trinajstić information content (AvgIpc) is 3.70. The number of fused-ring (bicyclic) bond motifs is 5. The molecule has 9 heteroatoms. The molecular formula is C32H25FN6O2. The molecule has 1 aliphatic heterocycles. The van der Waals surface area contributed by atoms with Crippen LogP contribution in [0.5, 0.6) is 0 Å². The molecule has 0 radical (unpaired) electrons. The number of nitrogens with two attached hydrogens (primary N) is 1. The predicted octanol–water partition coefficient (Wildman–Crippen LogP) is 5.27. The second-order valence-corrected chi connectivity index (χ2v) is 10.4. The van der Waals surface area contributed by atoms with Crippen LogP contribution in [-0.2, 0) is 4.74 Å². The fourth-order valence-electron chi connectivity index (χ4n) is 6.40. The summed E-state index contributed by atoms with van der Waals surface area (Å²) in [4.78, 5) is 27.1. The van der Waals surface area contributed by atoms with Gasteiger partial charge in [0.05, 0.1) is 41.5 Å². The fraction of sp³-hybridized carbons (Fsp3) is 0.156. The van der Waals surface area contributed by atoms with Crippen molar-refractivity contribution < 1.29 is 13.9 Å². The number of carbonyl (C=O) groups excluding carboxylic acids is 1. The number of primary amides is 1. The number of amides is 1. The summed E-state index contributed by atoms with van der Waals surface area (Å²) in [5, 5.41) is 0.720. The molecule has 1 fully saturated rings. The van der Waals surface area contributed by atoms with Gasteiger partial charge in [-0.05, 0) is 40.5 Å². The van der Waals surface area contributed by atoms with Crippen LogP contribution < -0.4 is 10.6 Å². The molecular weight excluding hydrogens is 519 g/mol. The molecule has 8 rings (SSSR count). The normalized spacial score (nSPS) is 16.3. The van der Waals surface area contributed by atoms with E-state index >= 15 is 4.39 Å². The Kier molecular flexibility index (Phi) is 5.23. The van der Waals surface area contributed by atoms with Gasteiger partial charge in [-0.25, -0.2) is 14.4 Å². The summed E-state index contributed by atoms with van der Waals surface area (Å²) in [5.41, 5.74) is 14.0. The van der Waals surface area contributed by atoms with Crippen LogP contribution in [0.1, 0.15) is 27.5 Å². The standard InChI is InChI=1S/C32H25FN6O2/c33-24-16-25-26(17-27(24)38-12-14-41-15-13-38)37-31(36-25)23-7-3-6-22-28(23)18-4-1-2-5-19(18)29(22)39-11-9-21-20(30(34)40)8-10-35-32(21)39/h1-11,16-17,29H,12-15H2,(H2,34,40)(H,36,37). The van der Waals surface area contributed by atoms with Crippen LogP contribution in [-0.4, -0.2) is 51.7 Å². The van der Waals surface area contributed by atoms with Crippen LogP contribution in [0.15, 0.2) is 79.1 Å². The van der Waals surface area contributed by atoms with E-state index < -0.39 is 5.91 Å². The molecule has 3 aromatic heterocycles. The Morgan fingerprint density at radius 1 is 1.00 bits per heavy atom. The van der Waals surface area contributed by atoms with E-state index in [9.17, 15) is 4.79 Å². The zero-order chi connectivity index (χ0) is 27.7. The van der Waals surface area contributed by atoms with E-state index in [2.05, 4.69) is 32.7 Å². The lowest BCUT2D eigenvalue weighted by Crippen LogP contribution is -2.36. The van der Waals surface area contributed by atoms with Crippen molar-refractivity contribution in [1.29, 1.82) is 0 Å². The third-order valence-electron chi connectivity index (χ3n) is 8.23. The summed E-state index contributed by atoms with van der Waals surface area (Å²) in [6.45, 7) is 2.45. The Hall–Kier alpha value is -5.02. The van der Waals surface area contributed by atoms with E-state index in [1.165, 1.54) is 6.07 Å². The van der Waals surface area contributed by atoms with Crippen LogP contribution in [0.3, 0.4) is 0 Å². The second kappa shape index (κ2) is 9.00. The predicted molar refractivity (Wildman–Crippen MR) is 155 cm³/mol. The van der Waals surface area contributed by atoms with Crippen molar-refractivity contribution in [2.24, 2.45) is 5.73 Å². The molecule has 1 amide bonds. The molecule has 0 saturated carbocycles. The molecule has 1 atom stereocenters. The minimum absolute atomic E-state index is 0.163.